The lowest BCUT2D eigenvalue weighted by Crippen LogP contribution is -2.25. The smallest absolute Gasteiger partial charge is 0.250 e. The Kier molecular flexibility index (Phi) is 3.77. The minimum atomic E-state index is -0.467. The molecular formula is C12H19N3O. The summed E-state index contributed by atoms with van der Waals surface area (Å²) in [6, 6.07) is 5.37. The van der Waals surface area contributed by atoms with E-state index in [0.29, 0.717) is 22.9 Å². The van der Waals surface area contributed by atoms with Crippen molar-refractivity contribution in [1.29, 1.82) is 0 Å². The van der Waals surface area contributed by atoms with Crippen molar-refractivity contribution in [3.63, 3.8) is 0 Å². The van der Waals surface area contributed by atoms with Gasteiger partial charge in [-0.05, 0) is 25.0 Å². The van der Waals surface area contributed by atoms with Gasteiger partial charge in [-0.25, -0.2) is 0 Å². The predicted octanol–water partition coefficient (Wildman–Crippen LogP) is 1.82. The van der Waals surface area contributed by atoms with Gasteiger partial charge in [0.1, 0.15) is 0 Å². The van der Waals surface area contributed by atoms with Crippen molar-refractivity contribution in [3.05, 3.63) is 23.8 Å². The van der Waals surface area contributed by atoms with Gasteiger partial charge in [0.05, 0.1) is 16.9 Å². The molecule has 0 aliphatic rings. The molecule has 0 saturated heterocycles. The number of para-hydroxylation sites is 1. The van der Waals surface area contributed by atoms with Crippen LogP contribution in [0.15, 0.2) is 18.2 Å². The number of rotatable bonds is 4. The van der Waals surface area contributed by atoms with Gasteiger partial charge in [-0.15, -0.1) is 0 Å². The first-order chi connectivity index (χ1) is 7.43. The number of amides is 1. The van der Waals surface area contributed by atoms with Crippen LogP contribution in [0.5, 0.6) is 0 Å². The summed E-state index contributed by atoms with van der Waals surface area (Å²) in [5.41, 5.74) is 12.8. The van der Waals surface area contributed by atoms with Crippen LogP contribution < -0.4 is 16.8 Å². The number of nitrogen functional groups attached to an aromatic ring is 1. The third-order valence-electron chi connectivity index (χ3n) is 2.73. The number of nitrogens with two attached hydrogens (primary N) is 2. The Labute approximate surface area is 96.0 Å². The van der Waals surface area contributed by atoms with Crippen molar-refractivity contribution in [2.24, 2.45) is 11.7 Å². The van der Waals surface area contributed by atoms with Crippen molar-refractivity contribution in [1.82, 2.24) is 0 Å². The summed E-state index contributed by atoms with van der Waals surface area (Å²) in [7, 11) is 0. The average Bonchev–Trinajstić information content (AvgIpc) is 2.20. The molecule has 1 amide bonds. The molecule has 0 spiro atoms. The normalized spacial score (nSPS) is 12.5. The highest BCUT2D eigenvalue weighted by Gasteiger charge is 2.14. The zero-order valence-corrected chi connectivity index (χ0v) is 9.95. The lowest BCUT2D eigenvalue weighted by Gasteiger charge is -2.21. The number of primary amides is 1. The summed E-state index contributed by atoms with van der Waals surface area (Å²) in [4.78, 5) is 11.3. The third-order valence-corrected chi connectivity index (χ3v) is 2.73. The molecule has 0 saturated carbocycles. The maximum Gasteiger partial charge on any atom is 0.250 e. The number of carbonyl (C=O) groups is 1. The topological polar surface area (TPSA) is 81.1 Å². The van der Waals surface area contributed by atoms with Crippen LogP contribution in [0.4, 0.5) is 11.4 Å². The van der Waals surface area contributed by atoms with Crippen LogP contribution in [-0.4, -0.2) is 11.9 Å². The Balaban J connectivity index is 3.06. The third kappa shape index (κ3) is 2.66. The first-order valence-corrected chi connectivity index (χ1v) is 5.38. The van der Waals surface area contributed by atoms with Gasteiger partial charge in [0.15, 0.2) is 0 Å². The number of nitrogens with one attached hydrogen (secondary N) is 1. The van der Waals surface area contributed by atoms with E-state index in [1.165, 1.54) is 0 Å². The summed E-state index contributed by atoms with van der Waals surface area (Å²) in [6.07, 6.45) is 0. The van der Waals surface area contributed by atoms with Gasteiger partial charge >= 0.3 is 0 Å². The van der Waals surface area contributed by atoms with E-state index in [9.17, 15) is 4.79 Å². The van der Waals surface area contributed by atoms with Crippen LogP contribution in [0.25, 0.3) is 0 Å². The van der Waals surface area contributed by atoms with E-state index in [4.69, 9.17) is 11.5 Å². The maximum atomic E-state index is 11.3. The molecule has 1 atom stereocenters. The Bertz CT molecular complexity index is 388. The fourth-order valence-electron chi connectivity index (χ4n) is 1.33. The van der Waals surface area contributed by atoms with Gasteiger partial charge < -0.3 is 16.8 Å². The first-order valence-electron chi connectivity index (χ1n) is 5.38. The lowest BCUT2D eigenvalue weighted by molar-refractivity contribution is 0.100. The molecule has 16 heavy (non-hydrogen) atoms. The van der Waals surface area contributed by atoms with Crippen LogP contribution in [0.2, 0.25) is 0 Å². The van der Waals surface area contributed by atoms with E-state index < -0.39 is 5.91 Å². The SMILES string of the molecule is CC(C)C(C)Nc1c(N)cccc1C(N)=O. The summed E-state index contributed by atoms with van der Waals surface area (Å²) >= 11 is 0. The highest BCUT2D eigenvalue weighted by atomic mass is 16.1. The Morgan fingerprint density at radius 2 is 1.94 bits per heavy atom. The molecule has 0 aromatic heterocycles. The molecule has 0 aliphatic heterocycles. The molecule has 1 aromatic carbocycles. The summed E-state index contributed by atoms with van der Waals surface area (Å²) in [5, 5.41) is 3.23. The predicted molar refractivity (Wildman–Crippen MR) is 67.3 cm³/mol. The first kappa shape index (κ1) is 12.4. The second-order valence-corrected chi connectivity index (χ2v) is 4.31. The second-order valence-electron chi connectivity index (χ2n) is 4.31. The molecular weight excluding hydrogens is 202 g/mol. The van der Waals surface area contributed by atoms with E-state index in [-0.39, 0.29) is 6.04 Å². The van der Waals surface area contributed by atoms with Gasteiger partial charge in [-0.3, -0.25) is 4.79 Å². The molecule has 5 N–H and O–H groups in total. The van der Waals surface area contributed by atoms with Crippen LogP contribution in [0, 0.1) is 5.92 Å². The zero-order chi connectivity index (χ0) is 12.3. The fourth-order valence-corrected chi connectivity index (χ4v) is 1.33. The highest BCUT2D eigenvalue weighted by Crippen LogP contribution is 2.25. The second kappa shape index (κ2) is 4.88. The van der Waals surface area contributed by atoms with Gasteiger partial charge in [0.25, 0.3) is 5.91 Å². The fraction of sp³-hybridized carbons (Fsp3) is 0.417. The largest absolute Gasteiger partial charge is 0.397 e. The van der Waals surface area contributed by atoms with Gasteiger partial charge in [0.2, 0.25) is 0 Å². The number of anilines is 2. The quantitative estimate of drug-likeness (QED) is 0.678. The Morgan fingerprint density at radius 3 is 2.44 bits per heavy atom. The molecule has 0 heterocycles. The Morgan fingerprint density at radius 1 is 1.31 bits per heavy atom. The molecule has 4 heteroatoms. The van der Waals surface area contributed by atoms with Crippen LogP contribution >= 0.6 is 0 Å². The summed E-state index contributed by atoms with van der Waals surface area (Å²) in [6.45, 7) is 6.24. The van der Waals surface area contributed by atoms with E-state index in [0.717, 1.165) is 0 Å². The van der Waals surface area contributed by atoms with Crippen LogP contribution in [-0.2, 0) is 0 Å². The molecule has 4 nitrogen and oxygen atoms in total. The zero-order valence-electron chi connectivity index (χ0n) is 9.95. The van der Waals surface area contributed by atoms with Gasteiger partial charge in [-0.1, -0.05) is 19.9 Å². The minimum Gasteiger partial charge on any atom is -0.397 e. The van der Waals surface area contributed by atoms with Gasteiger partial charge in [-0.2, -0.15) is 0 Å². The molecule has 0 aliphatic carbocycles. The number of hydrogen-bond acceptors (Lipinski definition) is 3. The molecule has 1 rings (SSSR count). The Hall–Kier alpha value is -1.71. The van der Waals surface area contributed by atoms with Crippen molar-refractivity contribution < 1.29 is 4.79 Å². The van der Waals surface area contributed by atoms with Crippen molar-refractivity contribution in [2.75, 3.05) is 11.1 Å². The van der Waals surface area contributed by atoms with Crippen molar-refractivity contribution in [3.8, 4) is 0 Å². The molecule has 0 radical (unpaired) electrons. The van der Waals surface area contributed by atoms with Crippen molar-refractivity contribution >= 4 is 17.3 Å². The molecule has 88 valence electrons. The maximum absolute atomic E-state index is 11.3. The van der Waals surface area contributed by atoms with E-state index >= 15 is 0 Å². The van der Waals surface area contributed by atoms with E-state index in [2.05, 4.69) is 19.2 Å². The molecule has 0 fully saturated rings. The molecule has 1 unspecified atom stereocenters. The van der Waals surface area contributed by atoms with Crippen LogP contribution in [0.3, 0.4) is 0 Å². The van der Waals surface area contributed by atoms with Crippen molar-refractivity contribution in [2.45, 2.75) is 26.8 Å². The highest BCUT2D eigenvalue weighted by molar-refractivity contribution is 6.01. The number of benzene rings is 1. The monoisotopic (exact) mass is 221 g/mol. The molecule has 1 aromatic rings. The summed E-state index contributed by atoms with van der Waals surface area (Å²) < 4.78 is 0. The number of hydrogen-bond donors (Lipinski definition) is 3. The van der Waals surface area contributed by atoms with E-state index in [1.807, 2.05) is 6.92 Å². The average molecular weight is 221 g/mol. The standard InChI is InChI=1S/C12H19N3O/c1-7(2)8(3)15-11-9(12(14)16)5-4-6-10(11)13/h4-8,15H,13H2,1-3H3,(H2,14,16). The lowest BCUT2D eigenvalue weighted by atomic mass is 10.0. The molecule has 0 bridgehead atoms. The minimum absolute atomic E-state index is 0.225. The van der Waals surface area contributed by atoms with E-state index in [1.54, 1.807) is 18.2 Å². The van der Waals surface area contributed by atoms with Crippen LogP contribution in [0.1, 0.15) is 31.1 Å². The number of carbonyl (C=O) groups excluding carboxylic acids is 1. The summed E-state index contributed by atoms with van der Waals surface area (Å²) in [5.74, 6) is -0.0221. The van der Waals surface area contributed by atoms with Gasteiger partial charge in [0, 0.05) is 6.04 Å².